The highest BCUT2D eigenvalue weighted by atomic mass is 16.6. The number of carbonyl (C=O) groups excluding carboxylic acids is 3. The number of phenols is 1. The molecule has 0 atom stereocenters. The van der Waals surface area contributed by atoms with Gasteiger partial charge in [-0.1, -0.05) is 50.2 Å². The SMILES string of the molecule is CC.CC(=O)c1ccccc1OC(=O)c1ccccc1OC(=O)c1ccccc1O. The third-order valence-electron chi connectivity index (χ3n) is 3.90. The zero-order chi connectivity index (χ0) is 22.1. The van der Waals surface area contributed by atoms with Crippen LogP contribution in [0.5, 0.6) is 17.2 Å². The van der Waals surface area contributed by atoms with Gasteiger partial charge in [-0.05, 0) is 43.3 Å². The maximum atomic E-state index is 12.6. The van der Waals surface area contributed by atoms with E-state index in [0.29, 0.717) is 0 Å². The second kappa shape index (κ2) is 10.6. The molecule has 0 spiro atoms. The molecule has 30 heavy (non-hydrogen) atoms. The van der Waals surface area contributed by atoms with Gasteiger partial charge in [0.2, 0.25) is 0 Å². The van der Waals surface area contributed by atoms with E-state index >= 15 is 0 Å². The van der Waals surface area contributed by atoms with Crippen LogP contribution in [-0.4, -0.2) is 22.8 Å². The highest BCUT2D eigenvalue weighted by Crippen LogP contribution is 2.25. The normalized spacial score (nSPS) is 9.70. The maximum Gasteiger partial charge on any atom is 0.347 e. The molecular formula is C24H22O6. The number of hydrogen-bond donors (Lipinski definition) is 1. The van der Waals surface area contributed by atoms with E-state index in [1.165, 1.54) is 37.3 Å². The summed E-state index contributed by atoms with van der Waals surface area (Å²) >= 11 is 0. The predicted molar refractivity (Wildman–Crippen MR) is 112 cm³/mol. The Morgan fingerprint density at radius 3 is 1.57 bits per heavy atom. The lowest BCUT2D eigenvalue weighted by atomic mass is 10.1. The number of para-hydroxylation sites is 3. The average Bonchev–Trinajstić information content (AvgIpc) is 2.76. The fourth-order valence-electron chi connectivity index (χ4n) is 2.53. The van der Waals surface area contributed by atoms with Crippen molar-refractivity contribution in [3.05, 3.63) is 89.5 Å². The van der Waals surface area contributed by atoms with Crippen LogP contribution in [0.3, 0.4) is 0 Å². The number of esters is 2. The molecule has 0 saturated carbocycles. The number of hydrogen-bond acceptors (Lipinski definition) is 6. The van der Waals surface area contributed by atoms with Crippen LogP contribution in [0.2, 0.25) is 0 Å². The first kappa shape index (κ1) is 22.4. The van der Waals surface area contributed by atoms with Crippen molar-refractivity contribution in [2.45, 2.75) is 20.8 Å². The van der Waals surface area contributed by atoms with Crippen LogP contribution in [0.15, 0.2) is 72.8 Å². The highest BCUT2D eigenvalue weighted by molar-refractivity contribution is 6.00. The Bertz CT molecular complexity index is 1050. The summed E-state index contributed by atoms with van der Waals surface area (Å²) in [6.45, 7) is 5.37. The topological polar surface area (TPSA) is 89.9 Å². The molecule has 6 nitrogen and oxygen atoms in total. The molecule has 0 bridgehead atoms. The minimum Gasteiger partial charge on any atom is -0.507 e. The van der Waals surface area contributed by atoms with Crippen molar-refractivity contribution < 1.29 is 29.0 Å². The number of ketones is 1. The zero-order valence-corrected chi connectivity index (χ0v) is 16.9. The summed E-state index contributed by atoms with van der Waals surface area (Å²) in [5.74, 6) is -2.00. The smallest absolute Gasteiger partial charge is 0.347 e. The molecule has 154 valence electrons. The van der Waals surface area contributed by atoms with Crippen LogP contribution in [0, 0.1) is 0 Å². The van der Waals surface area contributed by atoms with Gasteiger partial charge in [0, 0.05) is 0 Å². The average molecular weight is 406 g/mol. The van der Waals surface area contributed by atoms with Crippen molar-refractivity contribution in [2.75, 3.05) is 0 Å². The molecule has 0 aliphatic rings. The monoisotopic (exact) mass is 406 g/mol. The lowest BCUT2D eigenvalue weighted by molar-refractivity contribution is 0.0705. The van der Waals surface area contributed by atoms with E-state index in [2.05, 4.69) is 0 Å². The zero-order valence-electron chi connectivity index (χ0n) is 16.9. The van der Waals surface area contributed by atoms with Gasteiger partial charge in [0.05, 0.1) is 5.56 Å². The second-order valence-electron chi connectivity index (χ2n) is 5.84. The van der Waals surface area contributed by atoms with Gasteiger partial charge < -0.3 is 14.6 Å². The van der Waals surface area contributed by atoms with E-state index in [4.69, 9.17) is 9.47 Å². The number of carbonyl (C=O) groups is 3. The Morgan fingerprint density at radius 2 is 1.03 bits per heavy atom. The Morgan fingerprint density at radius 1 is 0.633 bits per heavy atom. The van der Waals surface area contributed by atoms with Gasteiger partial charge >= 0.3 is 11.9 Å². The summed E-state index contributed by atoms with van der Waals surface area (Å²) in [6.07, 6.45) is 0. The van der Waals surface area contributed by atoms with E-state index < -0.39 is 11.9 Å². The largest absolute Gasteiger partial charge is 0.507 e. The lowest BCUT2D eigenvalue weighted by Gasteiger charge is -2.11. The molecule has 0 aliphatic carbocycles. The molecule has 0 saturated heterocycles. The number of aromatic hydroxyl groups is 1. The van der Waals surface area contributed by atoms with E-state index in [1.807, 2.05) is 13.8 Å². The number of benzene rings is 3. The van der Waals surface area contributed by atoms with Crippen molar-refractivity contribution in [2.24, 2.45) is 0 Å². The first-order valence-electron chi connectivity index (χ1n) is 9.38. The van der Waals surface area contributed by atoms with Gasteiger partial charge in [0.15, 0.2) is 5.78 Å². The van der Waals surface area contributed by atoms with E-state index in [1.54, 1.807) is 42.5 Å². The summed E-state index contributed by atoms with van der Waals surface area (Å²) in [5.41, 5.74) is 0.233. The fourth-order valence-corrected chi connectivity index (χ4v) is 2.53. The predicted octanol–water partition coefficient (Wildman–Crippen LogP) is 5.06. The van der Waals surface area contributed by atoms with Crippen LogP contribution >= 0.6 is 0 Å². The molecule has 6 heteroatoms. The second-order valence-corrected chi connectivity index (χ2v) is 5.84. The van der Waals surface area contributed by atoms with Crippen molar-refractivity contribution in [1.29, 1.82) is 0 Å². The number of ether oxygens (including phenoxy) is 2. The number of phenolic OH excluding ortho intramolecular Hbond substituents is 1. The first-order chi connectivity index (χ1) is 14.5. The van der Waals surface area contributed by atoms with E-state index in [0.717, 1.165) is 0 Å². The molecule has 0 fully saturated rings. The summed E-state index contributed by atoms with van der Waals surface area (Å²) in [7, 11) is 0. The standard InChI is InChI=1S/C22H16O6.C2H6/c1-14(23)15-8-3-6-12-19(15)27-22(26)17-10-4-7-13-20(17)28-21(25)16-9-2-5-11-18(16)24;1-2/h2-13,24H,1H3;1-2H3. The molecular weight excluding hydrogens is 384 g/mol. The quantitative estimate of drug-likeness (QED) is 0.362. The summed E-state index contributed by atoms with van der Waals surface area (Å²) in [5, 5.41) is 9.79. The highest BCUT2D eigenvalue weighted by Gasteiger charge is 2.20. The van der Waals surface area contributed by atoms with Crippen LogP contribution < -0.4 is 9.47 Å². The van der Waals surface area contributed by atoms with Gasteiger partial charge in [0.1, 0.15) is 28.4 Å². The summed E-state index contributed by atoms with van der Waals surface area (Å²) < 4.78 is 10.6. The third-order valence-corrected chi connectivity index (χ3v) is 3.90. The molecule has 0 heterocycles. The van der Waals surface area contributed by atoms with Crippen molar-refractivity contribution >= 4 is 17.7 Å². The molecule has 0 amide bonds. The van der Waals surface area contributed by atoms with Crippen molar-refractivity contribution in [3.8, 4) is 17.2 Å². The van der Waals surface area contributed by atoms with Crippen LogP contribution in [0.4, 0.5) is 0 Å². The van der Waals surface area contributed by atoms with Crippen LogP contribution in [0.1, 0.15) is 51.8 Å². The molecule has 0 unspecified atom stereocenters. The van der Waals surface area contributed by atoms with Crippen molar-refractivity contribution in [1.82, 2.24) is 0 Å². The molecule has 1 N–H and O–H groups in total. The van der Waals surface area contributed by atoms with E-state index in [9.17, 15) is 19.5 Å². The maximum absolute atomic E-state index is 12.6. The van der Waals surface area contributed by atoms with Gasteiger partial charge in [-0.15, -0.1) is 0 Å². The van der Waals surface area contributed by atoms with E-state index in [-0.39, 0.29) is 39.7 Å². The Kier molecular flexibility index (Phi) is 7.88. The van der Waals surface area contributed by atoms with Crippen molar-refractivity contribution in [3.63, 3.8) is 0 Å². The minimum atomic E-state index is -0.817. The molecule has 3 aromatic rings. The first-order valence-corrected chi connectivity index (χ1v) is 9.38. The molecule has 0 aliphatic heterocycles. The molecule has 3 aromatic carbocycles. The van der Waals surface area contributed by atoms with Crippen LogP contribution in [-0.2, 0) is 0 Å². The minimum absolute atomic E-state index is 0.00428. The summed E-state index contributed by atoms with van der Waals surface area (Å²) in [6, 6.07) is 18.3. The lowest BCUT2D eigenvalue weighted by Crippen LogP contribution is -2.15. The Labute approximate surface area is 174 Å². The van der Waals surface area contributed by atoms with Gasteiger partial charge in [-0.2, -0.15) is 0 Å². The third kappa shape index (κ3) is 5.32. The van der Waals surface area contributed by atoms with Gasteiger partial charge in [-0.25, -0.2) is 9.59 Å². The summed E-state index contributed by atoms with van der Waals surface area (Å²) in [4.78, 5) is 36.7. The van der Waals surface area contributed by atoms with Gasteiger partial charge in [-0.3, -0.25) is 4.79 Å². The Hall–Kier alpha value is -3.93. The number of Topliss-reactive ketones (excluding diaryl/α,β-unsaturated/α-hetero) is 1. The fraction of sp³-hybridized carbons (Fsp3) is 0.125. The molecule has 3 rings (SSSR count). The molecule has 0 radical (unpaired) electrons. The van der Waals surface area contributed by atoms with Gasteiger partial charge in [0.25, 0.3) is 0 Å². The number of rotatable bonds is 5. The van der Waals surface area contributed by atoms with Crippen LogP contribution in [0.25, 0.3) is 0 Å². The molecule has 0 aromatic heterocycles. The Balaban J connectivity index is 0.00000155.